The van der Waals surface area contributed by atoms with Crippen LogP contribution in [0.1, 0.15) is 104 Å². The van der Waals surface area contributed by atoms with E-state index in [1.54, 1.807) is 24.1 Å². The first-order valence-corrected chi connectivity index (χ1v) is 22.6. The highest BCUT2D eigenvalue weighted by molar-refractivity contribution is 7.91. The number of nitrogens with two attached hydrogens (primary N) is 1. The largest absolute Gasteiger partial charge is 0.463 e. The first-order valence-electron chi connectivity index (χ1n) is 20.8. The van der Waals surface area contributed by atoms with E-state index in [4.69, 9.17) is 10.5 Å². The molecular formula is C46H76F2N4O5S. The summed E-state index contributed by atoms with van der Waals surface area (Å²) in [6.07, 6.45) is 10.5. The lowest BCUT2D eigenvalue weighted by atomic mass is 10.0. The third-order valence-corrected chi connectivity index (χ3v) is 10.5. The second-order valence-electron chi connectivity index (χ2n) is 14.0. The van der Waals surface area contributed by atoms with Crippen LogP contribution in [-0.2, 0) is 43.5 Å². The lowest BCUT2D eigenvalue weighted by Gasteiger charge is -2.28. The molecule has 0 aliphatic carbocycles. The number of likely N-dealkylation sites (N-methyl/N-ethyl adjacent to an activating group) is 1. The first-order chi connectivity index (χ1) is 27.6. The van der Waals surface area contributed by atoms with Crippen molar-refractivity contribution < 1.29 is 31.5 Å². The zero-order valence-corrected chi connectivity index (χ0v) is 37.9. The minimum absolute atomic E-state index is 0.0442. The van der Waals surface area contributed by atoms with Gasteiger partial charge in [-0.05, 0) is 81.8 Å². The Labute approximate surface area is 351 Å². The van der Waals surface area contributed by atoms with Gasteiger partial charge in [0.2, 0.25) is 5.91 Å². The summed E-state index contributed by atoms with van der Waals surface area (Å²) in [7, 11) is -1.82. The number of rotatable bonds is 20. The SMILES string of the molecule is C/C=C(\C)CN1CC[C@@H](OC=O)C1.C=CC=C.CC.CCC.CCCCS(=O)(=O)CC(NC)C(=O)N(CC[C@@H](N)Cc1cc(F)cc(F)c1)Cc1cccc(CC)c1. The van der Waals surface area contributed by atoms with E-state index in [0.717, 1.165) is 56.1 Å². The van der Waals surface area contributed by atoms with Crippen LogP contribution in [0.25, 0.3) is 0 Å². The van der Waals surface area contributed by atoms with E-state index in [2.05, 4.69) is 57.1 Å². The number of aryl methyl sites for hydroxylation is 1. The van der Waals surface area contributed by atoms with E-state index in [1.807, 2.05) is 52.0 Å². The number of carbonyl (C=O) groups excluding carboxylic acids is 2. The van der Waals surface area contributed by atoms with Gasteiger partial charge in [-0.1, -0.05) is 116 Å². The van der Waals surface area contributed by atoms with E-state index >= 15 is 0 Å². The zero-order valence-electron chi connectivity index (χ0n) is 37.1. The Kier molecular flexibility index (Phi) is 33.2. The van der Waals surface area contributed by atoms with Crippen LogP contribution in [0.3, 0.4) is 0 Å². The lowest BCUT2D eigenvalue weighted by Crippen LogP contribution is -2.49. The fraction of sp³-hybridized carbons (Fsp3) is 0.565. The van der Waals surface area contributed by atoms with Crippen LogP contribution >= 0.6 is 0 Å². The molecule has 1 aliphatic heterocycles. The second-order valence-corrected chi connectivity index (χ2v) is 16.2. The van der Waals surface area contributed by atoms with Crippen molar-refractivity contribution in [3.63, 3.8) is 0 Å². The molecule has 0 saturated carbocycles. The molecule has 0 spiro atoms. The molecule has 3 N–H and O–H groups in total. The van der Waals surface area contributed by atoms with Crippen molar-refractivity contribution in [3.05, 3.63) is 108 Å². The number of amides is 1. The molecule has 0 bridgehead atoms. The summed E-state index contributed by atoms with van der Waals surface area (Å²) >= 11 is 0. The Hall–Kier alpha value is -3.71. The maximum absolute atomic E-state index is 13.6. The summed E-state index contributed by atoms with van der Waals surface area (Å²) in [5.41, 5.74) is 10.2. The Morgan fingerprint density at radius 3 is 2.17 bits per heavy atom. The number of hydrogen-bond acceptors (Lipinski definition) is 8. The van der Waals surface area contributed by atoms with Gasteiger partial charge in [-0.15, -0.1) is 0 Å². The molecular weight excluding hydrogens is 759 g/mol. The van der Waals surface area contributed by atoms with E-state index < -0.39 is 33.6 Å². The predicted octanol–water partition coefficient (Wildman–Crippen LogP) is 8.62. The molecule has 9 nitrogen and oxygen atoms in total. The number of unbranched alkanes of at least 4 members (excludes halogenated alkanes) is 1. The van der Waals surface area contributed by atoms with Crippen molar-refractivity contribution in [2.75, 3.05) is 44.7 Å². The number of nitrogens with zero attached hydrogens (tertiary/aromatic N) is 2. The van der Waals surface area contributed by atoms with E-state index in [1.165, 1.54) is 24.1 Å². The third kappa shape index (κ3) is 26.3. The van der Waals surface area contributed by atoms with Gasteiger partial charge in [-0.3, -0.25) is 14.5 Å². The van der Waals surface area contributed by atoms with Crippen LogP contribution in [0.4, 0.5) is 8.78 Å². The number of likely N-dealkylation sites (tertiary alicyclic amines) is 1. The van der Waals surface area contributed by atoms with Gasteiger partial charge in [0.15, 0.2) is 9.84 Å². The predicted molar refractivity (Wildman–Crippen MR) is 239 cm³/mol. The number of allylic oxidation sites excluding steroid dienone is 3. The Morgan fingerprint density at radius 1 is 1.05 bits per heavy atom. The number of carbonyl (C=O) groups is 2. The van der Waals surface area contributed by atoms with Gasteiger partial charge >= 0.3 is 0 Å². The summed E-state index contributed by atoms with van der Waals surface area (Å²) in [6.45, 7) is 27.2. The van der Waals surface area contributed by atoms with Crippen LogP contribution in [0, 0.1) is 11.6 Å². The molecule has 3 atom stereocenters. The quantitative estimate of drug-likeness (QED) is 0.0773. The molecule has 2 aromatic carbocycles. The molecule has 3 rings (SSSR count). The van der Waals surface area contributed by atoms with E-state index in [-0.39, 0.29) is 36.5 Å². The summed E-state index contributed by atoms with van der Waals surface area (Å²) in [5.74, 6) is -1.87. The molecule has 1 fully saturated rings. The van der Waals surface area contributed by atoms with Gasteiger partial charge in [0.05, 0.1) is 11.5 Å². The Balaban J connectivity index is 0. The molecule has 58 heavy (non-hydrogen) atoms. The average molecular weight is 835 g/mol. The van der Waals surface area contributed by atoms with Crippen molar-refractivity contribution in [2.24, 2.45) is 5.73 Å². The van der Waals surface area contributed by atoms with Crippen molar-refractivity contribution >= 4 is 22.2 Å². The topological polar surface area (TPSA) is 122 Å². The number of nitrogens with one attached hydrogen (secondary N) is 1. The van der Waals surface area contributed by atoms with Gasteiger partial charge < -0.3 is 20.7 Å². The minimum Gasteiger partial charge on any atom is -0.463 e. The lowest BCUT2D eigenvalue weighted by molar-refractivity contribution is -0.134. The number of benzene rings is 2. The smallest absolute Gasteiger partial charge is 0.293 e. The molecule has 0 aromatic heterocycles. The van der Waals surface area contributed by atoms with Crippen molar-refractivity contribution in [2.45, 2.75) is 125 Å². The van der Waals surface area contributed by atoms with Crippen LogP contribution in [0.5, 0.6) is 0 Å². The first kappa shape index (κ1) is 56.4. The monoisotopic (exact) mass is 835 g/mol. The van der Waals surface area contributed by atoms with Gasteiger partial charge in [0, 0.05) is 44.8 Å². The van der Waals surface area contributed by atoms with Crippen LogP contribution in [0.15, 0.2) is 79.4 Å². The van der Waals surface area contributed by atoms with Gasteiger partial charge in [0.1, 0.15) is 23.8 Å². The number of ether oxygens (including phenoxy) is 1. The van der Waals surface area contributed by atoms with Gasteiger partial charge in [-0.2, -0.15) is 0 Å². The van der Waals surface area contributed by atoms with E-state index in [0.29, 0.717) is 31.4 Å². The average Bonchev–Trinajstić information content (AvgIpc) is 3.65. The standard InChI is InChI=1S/C27H39F2N3O3S.C10H17NO2.C4H6.C3H8.C2H6/c1-4-6-12-36(34,35)19-26(31-3)27(33)32(18-21-9-7-8-20(5-2)13-21)11-10-25(30)16-22-14-23(28)17-24(29)15-22;1-3-9(2)6-11-5-4-10(7-11)13-8-12;1-3-4-2;1-3-2;1-2/h7-9,13-15,17,25-26,31H,4-6,10-12,16,18-19,30H2,1-3H3;3,8,10H,4-7H2,1-2H3;3-4H,1-2H2;3H2,1-2H3;1-2H3/b;9-3+;;;/t25-,26?;10-;;;/m11.../s1. The Bertz CT molecular complexity index is 1540. The highest BCUT2D eigenvalue weighted by atomic mass is 32.2. The van der Waals surface area contributed by atoms with Crippen LogP contribution < -0.4 is 11.1 Å². The number of halogens is 2. The summed E-state index contributed by atoms with van der Waals surface area (Å²) in [5, 5.41) is 2.88. The normalized spacial score (nSPS) is 14.6. The molecule has 2 aromatic rings. The molecule has 12 heteroatoms. The zero-order chi connectivity index (χ0) is 44.5. The molecule has 1 aliphatic rings. The summed E-state index contributed by atoms with van der Waals surface area (Å²) in [6, 6.07) is 9.90. The maximum atomic E-state index is 13.6. The van der Waals surface area contributed by atoms with Crippen molar-refractivity contribution in [1.29, 1.82) is 0 Å². The summed E-state index contributed by atoms with van der Waals surface area (Å²) in [4.78, 5) is 27.5. The minimum atomic E-state index is -3.40. The fourth-order valence-electron chi connectivity index (χ4n) is 5.67. The summed E-state index contributed by atoms with van der Waals surface area (Å²) < 4.78 is 57.1. The molecule has 0 radical (unpaired) electrons. The van der Waals surface area contributed by atoms with Gasteiger partial charge in [0.25, 0.3) is 6.47 Å². The number of sulfone groups is 1. The molecule has 1 heterocycles. The van der Waals surface area contributed by atoms with Crippen molar-refractivity contribution in [3.8, 4) is 0 Å². The fourth-order valence-corrected chi connectivity index (χ4v) is 7.38. The Morgan fingerprint density at radius 2 is 1.66 bits per heavy atom. The number of hydrogen-bond donors (Lipinski definition) is 2. The highest BCUT2D eigenvalue weighted by Crippen LogP contribution is 2.16. The van der Waals surface area contributed by atoms with Crippen LogP contribution in [-0.4, -0.2) is 93.5 Å². The van der Waals surface area contributed by atoms with E-state index in [9.17, 15) is 26.8 Å². The molecule has 330 valence electrons. The van der Waals surface area contributed by atoms with Gasteiger partial charge in [-0.25, -0.2) is 17.2 Å². The highest BCUT2D eigenvalue weighted by Gasteiger charge is 2.28. The second kappa shape index (κ2) is 34.2. The maximum Gasteiger partial charge on any atom is 0.293 e. The molecule has 1 saturated heterocycles. The third-order valence-electron chi connectivity index (χ3n) is 8.76. The molecule has 1 unspecified atom stereocenters. The molecule has 1 amide bonds. The van der Waals surface area contributed by atoms with Crippen molar-refractivity contribution in [1.82, 2.24) is 15.1 Å². The van der Waals surface area contributed by atoms with Crippen LogP contribution in [0.2, 0.25) is 0 Å².